The Kier molecular flexibility index (Phi) is 3.79. The summed E-state index contributed by atoms with van der Waals surface area (Å²) in [5.41, 5.74) is 3.47. The molecule has 0 saturated carbocycles. The first kappa shape index (κ1) is 13.5. The summed E-state index contributed by atoms with van der Waals surface area (Å²) < 4.78 is 7.47. The molecule has 0 aliphatic carbocycles. The fourth-order valence-electron chi connectivity index (χ4n) is 2.53. The third-order valence-corrected chi connectivity index (χ3v) is 3.37. The van der Waals surface area contributed by atoms with E-state index in [0.717, 1.165) is 28.9 Å². The zero-order valence-electron chi connectivity index (χ0n) is 11.6. The van der Waals surface area contributed by atoms with Crippen LogP contribution in [0.25, 0.3) is 10.9 Å². The number of aromatic nitrogens is 1. The highest BCUT2D eigenvalue weighted by Gasteiger charge is 2.10. The van der Waals surface area contributed by atoms with Crippen molar-refractivity contribution in [1.29, 1.82) is 0 Å². The molecule has 0 unspecified atom stereocenters. The van der Waals surface area contributed by atoms with E-state index in [9.17, 15) is 4.79 Å². The number of fused-ring (bicyclic) bond motifs is 1. The van der Waals surface area contributed by atoms with Gasteiger partial charge in [-0.05, 0) is 44.0 Å². The molecule has 1 heterocycles. The van der Waals surface area contributed by atoms with Crippen LogP contribution in [0, 0.1) is 13.8 Å². The molecule has 0 bridgehead atoms. The molecule has 19 heavy (non-hydrogen) atoms. The van der Waals surface area contributed by atoms with Crippen LogP contribution in [0.5, 0.6) is 5.75 Å². The van der Waals surface area contributed by atoms with Gasteiger partial charge >= 0.3 is 5.97 Å². The lowest BCUT2D eigenvalue weighted by Crippen LogP contribution is -2.04. The summed E-state index contributed by atoms with van der Waals surface area (Å²) in [7, 11) is 1.66. The summed E-state index contributed by atoms with van der Waals surface area (Å²) in [6.45, 7) is 4.83. The van der Waals surface area contributed by atoms with Gasteiger partial charge < -0.3 is 14.4 Å². The second kappa shape index (κ2) is 5.34. The van der Waals surface area contributed by atoms with Crippen molar-refractivity contribution in [3.05, 3.63) is 29.5 Å². The van der Waals surface area contributed by atoms with Gasteiger partial charge in [0.05, 0.1) is 12.6 Å². The zero-order valence-corrected chi connectivity index (χ0v) is 11.6. The first-order chi connectivity index (χ1) is 9.02. The van der Waals surface area contributed by atoms with E-state index in [4.69, 9.17) is 9.84 Å². The molecule has 2 aromatic rings. The molecule has 2 rings (SSSR count). The lowest BCUT2D eigenvalue weighted by Gasteiger charge is -2.10. The lowest BCUT2D eigenvalue weighted by molar-refractivity contribution is -0.137. The van der Waals surface area contributed by atoms with Crippen LogP contribution < -0.4 is 4.74 Å². The highest BCUT2D eigenvalue weighted by Crippen LogP contribution is 2.28. The normalized spacial score (nSPS) is 10.9. The Morgan fingerprint density at radius 3 is 2.68 bits per heavy atom. The quantitative estimate of drug-likeness (QED) is 0.899. The van der Waals surface area contributed by atoms with Gasteiger partial charge in [0.1, 0.15) is 5.75 Å². The van der Waals surface area contributed by atoms with Crippen LogP contribution in [-0.4, -0.2) is 22.8 Å². The van der Waals surface area contributed by atoms with Crippen LogP contribution >= 0.6 is 0 Å². The first-order valence-electron chi connectivity index (χ1n) is 6.39. The standard InChI is InChI=1S/C15H19NO3/c1-10-7-13(19-3)9-12-8-11(2)16(15(10)12)6-4-5-14(17)18/h7-9H,4-6H2,1-3H3,(H,17,18). The van der Waals surface area contributed by atoms with Crippen molar-refractivity contribution in [1.82, 2.24) is 4.57 Å². The van der Waals surface area contributed by atoms with Gasteiger partial charge in [0.2, 0.25) is 0 Å². The van der Waals surface area contributed by atoms with Gasteiger partial charge in [-0.3, -0.25) is 4.79 Å². The SMILES string of the molecule is COc1cc(C)c2c(c1)cc(C)n2CCCC(=O)O. The Balaban J connectivity index is 2.38. The van der Waals surface area contributed by atoms with Crippen molar-refractivity contribution in [3.8, 4) is 5.75 Å². The average molecular weight is 261 g/mol. The Labute approximate surface area is 112 Å². The number of hydrogen-bond donors (Lipinski definition) is 1. The molecule has 0 spiro atoms. The number of rotatable bonds is 5. The molecule has 4 heteroatoms. The molecule has 1 N–H and O–H groups in total. The summed E-state index contributed by atoms with van der Waals surface area (Å²) in [4.78, 5) is 10.6. The maximum Gasteiger partial charge on any atom is 0.303 e. The predicted molar refractivity (Wildman–Crippen MR) is 74.8 cm³/mol. The zero-order chi connectivity index (χ0) is 14.0. The fourth-order valence-corrected chi connectivity index (χ4v) is 2.53. The number of ether oxygens (including phenoxy) is 1. The monoisotopic (exact) mass is 261 g/mol. The minimum absolute atomic E-state index is 0.203. The highest BCUT2D eigenvalue weighted by atomic mass is 16.5. The number of benzene rings is 1. The van der Waals surface area contributed by atoms with Crippen molar-refractivity contribution in [2.24, 2.45) is 0 Å². The maximum atomic E-state index is 10.6. The predicted octanol–water partition coefficient (Wildman–Crippen LogP) is 3.13. The van der Waals surface area contributed by atoms with Crippen molar-refractivity contribution in [2.45, 2.75) is 33.2 Å². The van der Waals surface area contributed by atoms with Crippen LogP contribution in [0.2, 0.25) is 0 Å². The number of hydrogen-bond acceptors (Lipinski definition) is 2. The molecule has 4 nitrogen and oxygen atoms in total. The minimum Gasteiger partial charge on any atom is -0.497 e. The van der Waals surface area contributed by atoms with Crippen molar-refractivity contribution in [2.75, 3.05) is 7.11 Å². The van der Waals surface area contributed by atoms with Gasteiger partial charge in [-0.15, -0.1) is 0 Å². The van der Waals surface area contributed by atoms with Gasteiger partial charge in [0.25, 0.3) is 0 Å². The van der Waals surface area contributed by atoms with Crippen LogP contribution in [0.15, 0.2) is 18.2 Å². The molecule has 0 aliphatic rings. The van der Waals surface area contributed by atoms with E-state index in [1.807, 2.05) is 19.1 Å². The number of aliphatic carboxylic acids is 1. The summed E-state index contributed by atoms with van der Waals surface area (Å²) in [6, 6.07) is 6.14. The summed E-state index contributed by atoms with van der Waals surface area (Å²) in [6.07, 6.45) is 0.847. The van der Waals surface area contributed by atoms with E-state index in [2.05, 4.69) is 17.6 Å². The van der Waals surface area contributed by atoms with E-state index in [0.29, 0.717) is 6.42 Å². The van der Waals surface area contributed by atoms with Crippen LogP contribution in [0.1, 0.15) is 24.1 Å². The summed E-state index contributed by atoms with van der Waals surface area (Å²) >= 11 is 0. The average Bonchev–Trinajstić information content (AvgIpc) is 2.65. The number of carboxylic acid groups (broad SMARTS) is 1. The van der Waals surface area contributed by atoms with Crippen LogP contribution in [0.4, 0.5) is 0 Å². The molecule has 0 aliphatic heterocycles. The third-order valence-electron chi connectivity index (χ3n) is 3.37. The van der Waals surface area contributed by atoms with Crippen molar-refractivity contribution in [3.63, 3.8) is 0 Å². The Morgan fingerprint density at radius 2 is 2.05 bits per heavy atom. The Bertz CT molecular complexity index is 613. The molecule has 0 fully saturated rings. The maximum absolute atomic E-state index is 10.6. The molecule has 1 aromatic carbocycles. The molecule has 102 valence electrons. The van der Waals surface area contributed by atoms with Gasteiger partial charge in [0, 0.05) is 24.0 Å². The molecule has 0 amide bonds. The van der Waals surface area contributed by atoms with Gasteiger partial charge in [-0.2, -0.15) is 0 Å². The molecule has 1 aromatic heterocycles. The number of nitrogens with zero attached hydrogens (tertiary/aromatic N) is 1. The molecule has 0 saturated heterocycles. The first-order valence-corrected chi connectivity index (χ1v) is 6.39. The number of carbonyl (C=O) groups is 1. The second-order valence-corrected chi connectivity index (χ2v) is 4.82. The van der Waals surface area contributed by atoms with E-state index in [1.165, 1.54) is 5.52 Å². The van der Waals surface area contributed by atoms with Crippen LogP contribution in [-0.2, 0) is 11.3 Å². The summed E-state index contributed by atoms with van der Waals surface area (Å²) in [5, 5.41) is 9.87. The lowest BCUT2D eigenvalue weighted by atomic mass is 10.1. The van der Waals surface area contributed by atoms with E-state index in [1.54, 1.807) is 7.11 Å². The third kappa shape index (κ3) is 2.72. The smallest absolute Gasteiger partial charge is 0.303 e. The Hall–Kier alpha value is -1.97. The van der Waals surface area contributed by atoms with Gasteiger partial charge in [-0.25, -0.2) is 0 Å². The van der Waals surface area contributed by atoms with Gasteiger partial charge in [-0.1, -0.05) is 0 Å². The second-order valence-electron chi connectivity index (χ2n) is 4.82. The van der Waals surface area contributed by atoms with Gasteiger partial charge in [0.15, 0.2) is 0 Å². The fraction of sp³-hybridized carbons (Fsp3) is 0.400. The minimum atomic E-state index is -0.743. The number of carboxylic acids is 1. The molecular formula is C15H19NO3. The van der Waals surface area contributed by atoms with Crippen molar-refractivity contribution >= 4 is 16.9 Å². The number of aryl methyl sites for hydroxylation is 3. The van der Waals surface area contributed by atoms with E-state index in [-0.39, 0.29) is 6.42 Å². The van der Waals surface area contributed by atoms with E-state index < -0.39 is 5.97 Å². The van der Waals surface area contributed by atoms with Crippen molar-refractivity contribution < 1.29 is 14.6 Å². The summed E-state index contributed by atoms with van der Waals surface area (Å²) in [5.74, 6) is 0.111. The molecular weight excluding hydrogens is 242 g/mol. The largest absolute Gasteiger partial charge is 0.497 e. The highest BCUT2D eigenvalue weighted by molar-refractivity contribution is 5.86. The van der Waals surface area contributed by atoms with E-state index >= 15 is 0 Å². The van der Waals surface area contributed by atoms with Crippen LogP contribution in [0.3, 0.4) is 0 Å². The molecule has 0 radical (unpaired) electrons. The number of methoxy groups -OCH3 is 1. The Morgan fingerprint density at radius 1 is 1.32 bits per heavy atom. The topological polar surface area (TPSA) is 51.5 Å². The molecule has 0 atom stereocenters.